The van der Waals surface area contributed by atoms with Gasteiger partial charge in [0.05, 0.1) is 16.4 Å². The standard InChI is InChI=1S/C17H19ClFN3O3/c18-13-14-10(5-12(19)15(13)21-4-3-8(20)6-21)16(23)11(17(24)25)7-22(14)9-1-2-9/h5,8-9,11H,1-4,6-7,20H2,(H,24,25). The van der Waals surface area contributed by atoms with Crippen LogP contribution in [-0.4, -0.2) is 48.6 Å². The van der Waals surface area contributed by atoms with Crippen molar-refractivity contribution in [1.82, 2.24) is 0 Å². The van der Waals surface area contributed by atoms with Crippen LogP contribution in [-0.2, 0) is 4.79 Å². The Bertz CT molecular complexity index is 768. The highest BCUT2D eigenvalue weighted by Crippen LogP contribution is 2.47. The van der Waals surface area contributed by atoms with Crippen LogP contribution in [0.1, 0.15) is 29.6 Å². The summed E-state index contributed by atoms with van der Waals surface area (Å²) in [6.07, 6.45) is 2.58. The van der Waals surface area contributed by atoms with Gasteiger partial charge in [0.15, 0.2) is 5.78 Å². The van der Waals surface area contributed by atoms with E-state index in [0.29, 0.717) is 18.8 Å². The molecule has 3 aliphatic rings. The van der Waals surface area contributed by atoms with Crippen LogP contribution in [0.25, 0.3) is 0 Å². The Kier molecular flexibility index (Phi) is 3.88. The Balaban J connectivity index is 1.85. The van der Waals surface area contributed by atoms with Gasteiger partial charge in [-0.1, -0.05) is 11.6 Å². The molecule has 0 radical (unpaired) electrons. The maximum Gasteiger partial charge on any atom is 0.316 e. The van der Waals surface area contributed by atoms with Crippen molar-refractivity contribution in [3.63, 3.8) is 0 Å². The number of Topliss-reactive ketones (excluding diaryl/α,β-unsaturated/α-hetero) is 1. The third-order valence-corrected chi connectivity index (χ3v) is 5.60. The summed E-state index contributed by atoms with van der Waals surface area (Å²) in [5.74, 6) is -3.56. The van der Waals surface area contributed by atoms with E-state index in [9.17, 15) is 19.1 Å². The number of benzene rings is 1. The van der Waals surface area contributed by atoms with Gasteiger partial charge in [-0.2, -0.15) is 0 Å². The topological polar surface area (TPSA) is 86.9 Å². The summed E-state index contributed by atoms with van der Waals surface area (Å²) in [5, 5.41) is 9.54. The summed E-state index contributed by atoms with van der Waals surface area (Å²) in [6.45, 7) is 1.19. The highest BCUT2D eigenvalue weighted by molar-refractivity contribution is 6.37. The van der Waals surface area contributed by atoms with Crippen molar-refractivity contribution in [2.75, 3.05) is 29.4 Å². The van der Waals surface area contributed by atoms with Crippen molar-refractivity contribution in [3.8, 4) is 0 Å². The second kappa shape index (κ2) is 5.85. The van der Waals surface area contributed by atoms with Crippen molar-refractivity contribution in [1.29, 1.82) is 0 Å². The molecule has 134 valence electrons. The normalized spacial score (nSPS) is 26.1. The second-order valence-corrected chi connectivity index (χ2v) is 7.43. The predicted molar refractivity (Wildman–Crippen MR) is 92.0 cm³/mol. The lowest BCUT2D eigenvalue weighted by atomic mass is 9.90. The molecule has 0 spiro atoms. The number of aliphatic carboxylic acids is 1. The summed E-state index contributed by atoms with van der Waals surface area (Å²) in [6, 6.07) is 1.27. The number of anilines is 2. The van der Waals surface area contributed by atoms with Gasteiger partial charge < -0.3 is 20.6 Å². The van der Waals surface area contributed by atoms with Crippen molar-refractivity contribution in [3.05, 3.63) is 22.5 Å². The molecule has 2 heterocycles. The molecule has 0 amide bonds. The number of nitrogens with two attached hydrogens (primary N) is 1. The molecule has 3 N–H and O–H groups in total. The summed E-state index contributed by atoms with van der Waals surface area (Å²) in [7, 11) is 0. The molecule has 8 heteroatoms. The SMILES string of the molecule is NC1CCN(c2c(F)cc3c(c2Cl)N(C2CC2)CC(C(=O)O)C3=O)C1. The molecule has 2 atom stereocenters. The maximum absolute atomic E-state index is 14.8. The first-order valence-corrected chi connectivity index (χ1v) is 8.82. The molecule has 6 nitrogen and oxygen atoms in total. The number of carbonyl (C=O) groups excluding carboxylic acids is 1. The number of fused-ring (bicyclic) bond motifs is 1. The quantitative estimate of drug-likeness (QED) is 0.793. The molecular formula is C17H19ClFN3O3. The lowest BCUT2D eigenvalue weighted by Crippen LogP contribution is -2.44. The summed E-state index contributed by atoms with van der Waals surface area (Å²) < 4.78 is 14.8. The minimum absolute atomic E-state index is 0.0379. The van der Waals surface area contributed by atoms with Crippen LogP contribution in [0.15, 0.2) is 6.07 Å². The monoisotopic (exact) mass is 367 g/mol. The Morgan fingerprint density at radius 1 is 1.28 bits per heavy atom. The fourth-order valence-electron chi connectivity index (χ4n) is 3.81. The van der Waals surface area contributed by atoms with E-state index in [1.807, 2.05) is 4.90 Å². The second-order valence-electron chi connectivity index (χ2n) is 7.05. The van der Waals surface area contributed by atoms with Gasteiger partial charge >= 0.3 is 5.97 Å². The highest BCUT2D eigenvalue weighted by Gasteiger charge is 2.44. The number of nitrogens with zero attached hydrogens (tertiary/aromatic N) is 2. The van der Waals surface area contributed by atoms with Gasteiger partial charge in [0.2, 0.25) is 0 Å². The van der Waals surface area contributed by atoms with Crippen LogP contribution in [0, 0.1) is 11.7 Å². The number of ketones is 1. The van der Waals surface area contributed by atoms with Gasteiger partial charge in [-0.15, -0.1) is 0 Å². The summed E-state index contributed by atoms with van der Waals surface area (Å²) in [4.78, 5) is 27.7. The number of carbonyl (C=O) groups is 2. The molecule has 0 aromatic heterocycles. The number of carboxylic acids is 1. The Labute approximate surface area is 149 Å². The van der Waals surface area contributed by atoms with E-state index in [-0.39, 0.29) is 34.9 Å². The van der Waals surface area contributed by atoms with E-state index >= 15 is 0 Å². The number of hydrogen-bond donors (Lipinski definition) is 2. The molecule has 1 aromatic carbocycles. The number of carboxylic acid groups (broad SMARTS) is 1. The van der Waals surface area contributed by atoms with Crippen molar-refractivity contribution in [2.45, 2.75) is 31.3 Å². The first-order chi connectivity index (χ1) is 11.9. The average molecular weight is 368 g/mol. The molecule has 1 saturated carbocycles. The van der Waals surface area contributed by atoms with E-state index in [4.69, 9.17) is 17.3 Å². The molecule has 4 rings (SSSR count). The van der Waals surface area contributed by atoms with Crippen LogP contribution < -0.4 is 15.5 Å². The Morgan fingerprint density at radius 3 is 2.56 bits per heavy atom. The Hall–Kier alpha value is -1.86. The van der Waals surface area contributed by atoms with E-state index in [2.05, 4.69) is 0 Å². The lowest BCUT2D eigenvalue weighted by molar-refractivity contribution is -0.139. The zero-order valence-corrected chi connectivity index (χ0v) is 14.3. The largest absolute Gasteiger partial charge is 0.481 e. The highest BCUT2D eigenvalue weighted by atomic mass is 35.5. The molecule has 1 saturated heterocycles. The van der Waals surface area contributed by atoms with E-state index in [1.54, 1.807) is 4.90 Å². The van der Waals surface area contributed by atoms with Gasteiger partial charge in [0.25, 0.3) is 0 Å². The molecule has 2 fully saturated rings. The molecule has 2 unspecified atom stereocenters. The lowest BCUT2D eigenvalue weighted by Gasteiger charge is -2.36. The van der Waals surface area contributed by atoms with E-state index < -0.39 is 23.5 Å². The van der Waals surface area contributed by atoms with E-state index in [0.717, 1.165) is 25.3 Å². The maximum atomic E-state index is 14.8. The smallest absolute Gasteiger partial charge is 0.316 e. The van der Waals surface area contributed by atoms with Gasteiger partial charge in [-0.3, -0.25) is 9.59 Å². The van der Waals surface area contributed by atoms with Crippen LogP contribution in [0.2, 0.25) is 5.02 Å². The number of hydrogen-bond acceptors (Lipinski definition) is 5. The van der Waals surface area contributed by atoms with E-state index in [1.165, 1.54) is 0 Å². The van der Waals surface area contributed by atoms with Crippen LogP contribution in [0.3, 0.4) is 0 Å². The fourth-order valence-corrected chi connectivity index (χ4v) is 4.23. The van der Waals surface area contributed by atoms with Gasteiger partial charge in [-0.05, 0) is 25.3 Å². The molecule has 1 aromatic rings. The number of rotatable bonds is 3. The Morgan fingerprint density at radius 2 is 2.00 bits per heavy atom. The molecule has 2 aliphatic heterocycles. The van der Waals surface area contributed by atoms with Gasteiger partial charge in [0, 0.05) is 37.3 Å². The van der Waals surface area contributed by atoms with Crippen molar-refractivity contribution >= 4 is 34.7 Å². The zero-order valence-electron chi connectivity index (χ0n) is 13.5. The predicted octanol–water partition coefficient (Wildman–Crippen LogP) is 1.88. The molecule has 25 heavy (non-hydrogen) atoms. The first-order valence-electron chi connectivity index (χ1n) is 8.44. The summed E-state index contributed by atoms with van der Waals surface area (Å²) in [5.41, 5.74) is 6.73. The number of halogens is 2. The van der Waals surface area contributed by atoms with Crippen LogP contribution in [0.5, 0.6) is 0 Å². The van der Waals surface area contributed by atoms with Gasteiger partial charge in [0.1, 0.15) is 11.7 Å². The van der Waals surface area contributed by atoms with Crippen molar-refractivity contribution in [2.24, 2.45) is 11.7 Å². The molecule has 1 aliphatic carbocycles. The third-order valence-electron chi connectivity index (χ3n) is 5.24. The van der Waals surface area contributed by atoms with Gasteiger partial charge in [-0.25, -0.2) is 4.39 Å². The zero-order chi connectivity index (χ0) is 17.9. The minimum atomic E-state index is -1.19. The average Bonchev–Trinajstić information content (AvgIpc) is 3.30. The summed E-state index contributed by atoms with van der Waals surface area (Å²) >= 11 is 6.56. The third kappa shape index (κ3) is 2.66. The first kappa shape index (κ1) is 16.6. The fraction of sp³-hybridized carbons (Fsp3) is 0.529. The van der Waals surface area contributed by atoms with Crippen LogP contribution >= 0.6 is 11.6 Å². The van der Waals surface area contributed by atoms with Crippen LogP contribution in [0.4, 0.5) is 15.8 Å². The van der Waals surface area contributed by atoms with Crippen molar-refractivity contribution < 1.29 is 19.1 Å². The molecule has 0 bridgehead atoms. The molecular weight excluding hydrogens is 349 g/mol. The minimum Gasteiger partial charge on any atom is -0.481 e.